The standard InChI is InChI=1S/C28H18ClN3O3/c1-17-4-11-22(14-23(17)27(33)34)35-28-31-25-13-20(24(29)15-26(25)32-28)10-7-18-5-8-19(9-6-18)21-3-2-12-30-16-21/h2-6,8-9,11-16H,1H3,(H,31,32)(H,33,34). The molecule has 170 valence electrons. The summed E-state index contributed by atoms with van der Waals surface area (Å²) in [5.74, 6) is 5.60. The lowest BCUT2D eigenvalue weighted by Gasteiger charge is -2.05. The summed E-state index contributed by atoms with van der Waals surface area (Å²) in [6.07, 6.45) is 3.57. The van der Waals surface area contributed by atoms with Gasteiger partial charge in [-0.25, -0.2) is 4.79 Å². The molecule has 0 saturated carbocycles. The van der Waals surface area contributed by atoms with Crippen LogP contribution in [0, 0.1) is 18.8 Å². The minimum absolute atomic E-state index is 0.174. The van der Waals surface area contributed by atoms with Gasteiger partial charge in [0.1, 0.15) is 5.75 Å². The van der Waals surface area contributed by atoms with E-state index in [0.717, 1.165) is 16.7 Å². The summed E-state index contributed by atoms with van der Waals surface area (Å²) in [6, 6.07) is 20.4. The van der Waals surface area contributed by atoms with E-state index in [2.05, 4.69) is 26.8 Å². The van der Waals surface area contributed by atoms with Crippen molar-refractivity contribution in [3.8, 4) is 34.7 Å². The lowest BCUT2D eigenvalue weighted by Crippen LogP contribution is -2.00. The first kappa shape index (κ1) is 22.2. The van der Waals surface area contributed by atoms with Crippen LogP contribution in [0.5, 0.6) is 11.8 Å². The van der Waals surface area contributed by atoms with Gasteiger partial charge in [-0.05, 0) is 66.1 Å². The van der Waals surface area contributed by atoms with E-state index < -0.39 is 5.97 Å². The third-order valence-corrected chi connectivity index (χ3v) is 5.74. The fraction of sp³-hybridized carbons (Fsp3) is 0.0357. The normalized spacial score (nSPS) is 10.6. The summed E-state index contributed by atoms with van der Waals surface area (Å²) >= 11 is 6.45. The van der Waals surface area contributed by atoms with Gasteiger partial charge in [-0.1, -0.05) is 47.7 Å². The molecule has 3 aromatic carbocycles. The third kappa shape index (κ3) is 4.86. The molecule has 0 aliphatic rings. The number of aryl methyl sites for hydroxylation is 1. The fourth-order valence-electron chi connectivity index (χ4n) is 3.58. The monoisotopic (exact) mass is 479 g/mol. The smallest absolute Gasteiger partial charge is 0.336 e. The topological polar surface area (TPSA) is 88.1 Å². The number of pyridine rings is 1. The first-order valence-corrected chi connectivity index (χ1v) is 11.1. The fourth-order valence-corrected chi connectivity index (χ4v) is 3.79. The first-order valence-electron chi connectivity index (χ1n) is 10.7. The Balaban J connectivity index is 1.38. The Hall–Kier alpha value is -4.60. The molecule has 0 amide bonds. The number of aromatic nitrogens is 3. The SMILES string of the molecule is Cc1ccc(Oc2nc3cc(C#Cc4ccc(-c5cccnc5)cc4)c(Cl)cc3[nH]2)cc1C(=O)O. The summed E-state index contributed by atoms with van der Waals surface area (Å²) in [6.45, 7) is 1.73. The van der Waals surface area contributed by atoms with Gasteiger partial charge in [0.25, 0.3) is 6.01 Å². The van der Waals surface area contributed by atoms with Crippen LogP contribution < -0.4 is 4.74 Å². The molecule has 2 aromatic heterocycles. The molecule has 0 bridgehead atoms. The number of hydrogen-bond acceptors (Lipinski definition) is 4. The van der Waals surface area contributed by atoms with Gasteiger partial charge in [0, 0.05) is 23.5 Å². The maximum Gasteiger partial charge on any atom is 0.336 e. The molecule has 0 fully saturated rings. The van der Waals surface area contributed by atoms with Crippen LogP contribution in [-0.4, -0.2) is 26.0 Å². The van der Waals surface area contributed by atoms with Crippen LogP contribution in [0.4, 0.5) is 0 Å². The van der Waals surface area contributed by atoms with Crippen molar-refractivity contribution in [1.29, 1.82) is 0 Å². The van der Waals surface area contributed by atoms with Crippen molar-refractivity contribution in [2.24, 2.45) is 0 Å². The lowest BCUT2D eigenvalue weighted by atomic mass is 10.1. The first-order chi connectivity index (χ1) is 17.0. The summed E-state index contributed by atoms with van der Waals surface area (Å²) < 4.78 is 5.75. The Morgan fingerprint density at radius 2 is 1.86 bits per heavy atom. The maximum atomic E-state index is 11.4. The second kappa shape index (κ2) is 9.34. The summed E-state index contributed by atoms with van der Waals surface area (Å²) in [5, 5.41) is 9.80. The largest absolute Gasteiger partial charge is 0.478 e. The van der Waals surface area contributed by atoms with Gasteiger partial charge in [-0.3, -0.25) is 4.98 Å². The van der Waals surface area contributed by atoms with E-state index in [1.165, 1.54) is 6.07 Å². The number of H-pyrrole nitrogens is 1. The number of benzene rings is 3. The molecule has 35 heavy (non-hydrogen) atoms. The van der Waals surface area contributed by atoms with Crippen molar-refractivity contribution in [3.05, 3.63) is 106 Å². The number of carboxylic acids is 1. The van der Waals surface area contributed by atoms with Crippen molar-refractivity contribution >= 4 is 28.6 Å². The molecule has 5 rings (SSSR count). The van der Waals surface area contributed by atoms with E-state index in [-0.39, 0.29) is 11.6 Å². The van der Waals surface area contributed by atoms with Crippen molar-refractivity contribution in [2.45, 2.75) is 6.92 Å². The Bertz CT molecular complexity index is 1620. The average molecular weight is 480 g/mol. The number of rotatable bonds is 4. The Morgan fingerprint density at radius 1 is 1.03 bits per heavy atom. The number of fused-ring (bicyclic) bond motifs is 1. The second-order valence-corrected chi connectivity index (χ2v) is 8.25. The molecule has 7 heteroatoms. The molecule has 0 aliphatic carbocycles. The van der Waals surface area contributed by atoms with Crippen molar-refractivity contribution in [2.75, 3.05) is 0 Å². The number of ether oxygens (including phenoxy) is 1. The Morgan fingerprint density at radius 3 is 2.60 bits per heavy atom. The summed E-state index contributed by atoms with van der Waals surface area (Å²) in [4.78, 5) is 23.0. The van der Waals surface area contributed by atoms with Gasteiger partial charge in [0.15, 0.2) is 0 Å². The number of aromatic amines is 1. The highest BCUT2D eigenvalue weighted by molar-refractivity contribution is 6.32. The minimum atomic E-state index is -1.01. The van der Waals surface area contributed by atoms with E-state index in [9.17, 15) is 9.90 Å². The highest BCUT2D eigenvalue weighted by atomic mass is 35.5. The molecule has 0 atom stereocenters. The minimum Gasteiger partial charge on any atom is -0.478 e. The Labute approximate surface area is 206 Å². The van der Waals surface area contributed by atoms with Gasteiger partial charge in [-0.2, -0.15) is 4.98 Å². The van der Waals surface area contributed by atoms with Gasteiger partial charge in [-0.15, -0.1) is 0 Å². The number of imidazole rings is 1. The molecule has 2 N–H and O–H groups in total. The lowest BCUT2D eigenvalue weighted by molar-refractivity contribution is 0.0695. The molecule has 6 nitrogen and oxygen atoms in total. The van der Waals surface area contributed by atoms with Gasteiger partial charge in [0.2, 0.25) is 0 Å². The average Bonchev–Trinajstić information content (AvgIpc) is 3.25. The quantitative estimate of drug-likeness (QED) is 0.288. The predicted molar refractivity (Wildman–Crippen MR) is 135 cm³/mol. The van der Waals surface area contributed by atoms with Gasteiger partial charge >= 0.3 is 5.97 Å². The molecular weight excluding hydrogens is 462 g/mol. The van der Waals surface area contributed by atoms with Crippen LogP contribution in [-0.2, 0) is 0 Å². The highest BCUT2D eigenvalue weighted by Gasteiger charge is 2.12. The van der Waals surface area contributed by atoms with Gasteiger partial charge < -0.3 is 14.8 Å². The van der Waals surface area contributed by atoms with E-state index >= 15 is 0 Å². The van der Waals surface area contributed by atoms with Crippen molar-refractivity contribution in [3.63, 3.8) is 0 Å². The number of nitrogens with one attached hydrogen (secondary N) is 1. The van der Waals surface area contributed by atoms with Crippen LogP contribution >= 0.6 is 11.6 Å². The Kier molecular flexibility index (Phi) is 5.92. The summed E-state index contributed by atoms with van der Waals surface area (Å²) in [7, 11) is 0. The summed E-state index contributed by atoms with van der Waals surface area (Å²) in [5.41, 5.74) is 5.74. The molecule has 0 saturated heterocycles. The molecule has 2 heterocycles. The molecule has 5 aromatic rings. The number of hydrogen-bond donors (Lipinski definition) is 2. The number of carboxylic acid groups (broad SMARTS) is 1. The van der Waals surface area contributed by atoms with Crippen LogP contribution in [0.2, 0.25) is 5.02 Å². The van der Waals surface area contributed by atoms with Crippen molar-refractivity contribution < 1.29 is 14.6 Å². The number of aromatic carboxylic acids is 1. The molecule has 0 spiro atoms. The molecule has 0 unspecified atom stereocenters. The van der Waals surface area contributed by atoms with E-state index in [1.807, 2.05) is 42.6 Å². The predicted octanol–water partition coefficient (Wildman–Crippen LogP) is 6.48. The second-order valence-electron chi connectivity index (χ2n) is 7.84. The van der Waals surface area contributed by atoms with Crippen LogP contribution in [0.1, 0.15) is 27.0 Å². The number of carbonyl (C=O) groups is 1. The zero-order valence-electron chi connectivity index (χ0n) is 18.5. The van der Waals surface area contributed by atoms with Crippen LogP contribution in [0.25, 0.3) is 22.2 Å². The zero-order chi connectivity index (χ0) is 24.4. The van der Waals surface area contributed by atoms with E-state index in [0.29, 0.717) is 32.9 Å². The maximum absolute atomic E-state index is 11.4. The van der Waals surface area contributed by atoms with Crippen LogP contribution in [0.15, 0.2) is 79.1 Å². The zero-order valence-corrected chi connectivity index (χ0v) is 19.3. The van der Waals surface area contributed by atoms with Crippen molar-refractivity contribution in [1.82, 2.24) is 15.0 Å². The molecular formula is C28H18ClN3O3. The number of halogens is 1. The van der Waals surface area contributed by atoms with Crippen LogP contribution in [0.3, 0.4) is 0 Å². The third-order valence-electron chi connectivity index (χ3n) is 5.42. The number of nitrogens with zero attached hydrogens (tertiary/aromatic N) is 2. The highest BCUT2D eigenvalue weighted by Crippen LogP contribution is 2.27. The van der Waals surface area contributed by atoms with Gasteiger partial charge in [0.05, 0.1) is 21.6 Å². The van der Waals surface area contributed by atoms with E-state index in [4.69, 9.17) is 16.3 Å². The molecule has 0 aliphatic heterocycles. The molecule has 0 radical (unpaired) electrons. The van der Waals surface area contributed by atoms with E-state index in [1.54, 1.807) is 37.4 Å².